The molecular weight excluding hydrogens is 200 g/mol. The van der Waals surface area contributed by atoms with Crippen LogP contribution in [-0.4, -0.2) is 53.8 Å². The van der Waals surface area contributed by atoms with Crippen LogP contribution >= 0.6 is 0 Å². The summed E-state index contributed by atoms with van der Waals surface area (Å²) in [7, 11) is 2.15. The van der Waals surface area contributed by atoms with Crippen LogP contribution in [0.2, 0.25) is 0 Å². The molecule has 86 valence electrons. The van der Waals surface area contributed by atoms with Gasteiger partial charge in [0.15, 0.2) is 0 Å². The first-order valence-electron chi connectivity index (χ1n) is 5.66. The maximum Gasteiger partial charge on any atom is 0.0859 e. The summed E-state index contributed by atoms with van der Waals surface area (Å²) >= 11 is 0. The van der Waals surface area contributed by atoms with Crippen molar-refractivity contribution < 1.29 is 0 Å². The number of hydrazone groups is 1. The van der Waals surface area contributed by atoms with Crippen molar-refractivity contribution in [2.24, 2.45) is 5.10 Å². The van der Waals surface area contributed by atoms with Gasteiger partial charge in [-0.3, -0.25) is 9.99 Å². The second kappa shape index (κ2) is 5.07. The zero-order valence-corrected chi connectivity index (χ0v) is 9.93. The summed E-state index contributed by atoms with van der Waals surface area (Å²) in [6.45, 7) is 6.18. The monoisotopic (exact) mass is 218 g/mol. The van der Waals surface area contributed by atoms with Crippen molar-refractivity contribution in [3.8, 4) is 0 Å². The maximum atomic E-state index is 4.60. The second-order valence-corrected chi connectivity index (χ2v) is 4.16. The lowest BCUT2D eigenvalue weighted by Crippen LogP contribution is -2.42. The molecule has 1 saturated heterocycles. The Hall–Kier alpha value is -1.42. The fourth-order valence-electron chi connectivity index (χ4n) is 1.74. The zero-order valence-electron chi connectivity index (χ0n) is 9.93. The molecule has 0 aromatic carbocycles. The van der Waals surface area contributed by atoms with Crippen LogP contribution in [0.25, 0.3) is 0 Å². The van der Waals surface area contributed by atoms with E-state index in [4.69, 9.17) is 0 Å². The van der Waals surface area contributed by atoms with E-state index >= 15 is 0 Å². The van der Waals surface area contributed by atoms with Crippen LogP contribution in [-0.2, 0) is 0 Å². The highest BCUT2D eigenvalue weighted by Gasteiger charge is 2.12. The Labute approximate surface area is 96.6 Å². The van der Waals surface area contributed by atoms with Gasteiger partial charge < -0.3 is 4.90 Å². The van der Waals surface area contributed by atoms with Crippen molar-refractivity contribution in [1.29, 1.82) is 0 Å². The van der Waals surface area contributed by atoms with Crippen LogP contribution in [0.5, 0.6) is 0 Å². The van der Waals surface area contributed by atoms with Crippen molar-refractivity contribution in [3.05, 3.63) is 30.1 Å². The first-order valence-corrected chi connectivity index (χ1v) is 5.66. The number of pyridine rings is 1. The molecule has 16 heavy (non-hydrogen) atoms. The summed E-state index contributed by atoms with van der Waals surface area (Å²) in [5.41, 5.74) is 1.95. The average Bonchev–Trinajstić information content (AvgIpc) is 2.33. The van der Waals surface area contributed by atoms with Gasteiger partial charge in [0, 0.05) is 32.4 Å². The van der Waals surface area contributed by atoms with Gasteiger partial charge in [0.05, 0.1) is 11.4 Å². The van der Waals surface area contributed by atoms with Crippen LogP contribution in [0.3, 0.4) is 0 Å². The quantitative estimate of drug-likeness (QED) is 0.695. The maximum absolute atomic E-state index is 4.60. The molecule has 0 atom stereocenters. The van der Waals surface area contributed by atoms with Crippen molar-refractivity contribution in [3.63, 3.8) is 0 Å². The molecule has 0 bridgehead atoms. The number of aromatic nitrogens is 1. The van der Waals surface area contributed by atoms with Gasteiger partial charge >= 0.3 is 0 Å². The molecule has 0 N–H and O–H groups in total. The SMILES string of the molecule is C/C(=N\N1CCN(C)CC1)c1ccccn1. The minimum atomic E-state index is 0.960. The van der Waals surface area contributed by atoms with Crippen molar-refractivity contribution in [1.82, 2.24) is 14.9 Å². The molecule has 1 aliphatic heterocycles. The molecule has 0 radical (unpaired) electrons. The van der Waals surface area contributed by atoms with E-state index in [2.05, 4.69) is 27.0 Å². The van der Waals surface area contributed by atoms with Crippen LogP contribution in [0.1, 0.15) is 12.6 Å². The van der Waals surface area contributed by atoms with Crippen molar-refractivity contribution in [2.45, 2.75) is 6.92 Å². The highest BCUT2D eigenvalue weighted by Crippen LogP contribution is 2.03. The summed E-state index contributed by atoms with van der Waals surface area (Å²) in [6.07, 6.45) is 1.80. The van der Waals surface area contributed by atoms with E-state index in [1.165, 1.54) is 0 Å². The van der Waals surface area contributed by atoms with E-state index in [-0.39, 0.29) is 0 Å². The summed E-state index contributed by atoms with van der Waals surface area (Å²) in [4.78, 5) is 6.61. The number of likely N-dealkylation sites (N-methyl/N-ethyl adjacent to an activating group) is 1. The second-order valence-electron chi connectivity index (χ2n) is 4.16. The van der Waals surface area contributed by atoms with E-state index in [1.54, 1.807) is 6.20 Å². The Bertz CT molecular complexity index is 353. The molecule has 0 aliphatic carbocycles. The minimum absolute atomic E-state index is 0.960. The van der Waals surface area contributed by atoms with E-state index in [1.807, 2.05) is 25.1 Å². The van der Waals surface area contributed by atoms with E-state index in [0.717, 1.165) is 37.6 Å². The van der Waals surface area contributed by atoms with Crippen LogP contribution in [0.4, 0.5) is 0 Å². The number of nitrogens with zero attached hydrogens (tertiary/aromatic N) is 4. The predicted octanol–water partition coefficient (Wildman–Crippen LogP) is 1.05. The van der Waals surface area contributed by atoms with E-state index in [0.29, 0.717) is 0 Å². The summed E-state index contributed by atoms with van der Waals surface area (Å²) < 4.78 is 0. The van der Waals surface area contributed by atoms with Gasteiger partial charge in [-0.15, -0.1) is 0 Å². The molecule has 1 aromatic heterocycles. The molecule has 0 saturated carbocycles. The topological polar surface area (TPSA) is 31.7 Å². The molecule has 0 spiro atoms. The molecule has 4 heteroatoms. The van der Waals surface area contributed by atoms with Crippen LogP contribution < -0.4 is 0 Å². The van der Waals surface area contributed by atoms with Gasteiger partial charge in [0.2, 0.25) is 0 Å². The number of hydrogen-bond donors (Lipinski definition) is 0. The predicted molar refractivity (Wildman–Crippen MR) is 65.5 cm³/mol. The van der Waals surface area contributed by atoms with Gasteiger partial charge in [-0.05, 0) is 26.1 Å². The van der Waals surface area contributed by atoms with Gasteiger partial charge in [-0.2, -0.15) is 5.10 Å². The molecular formula is C12H18N4. The molecule has 2 heterocycles. The van der Waals surface area contributed by atoms with E-state index < -0.39 is 0 Å². The Morgan fingerprint density at radius 2 is 2.00 bits per heavy atom. The molecule has 1 fully saturated rings. The third kappa shape index (κ3) is 2.79. The third-order valence-electron chi connectivity index (χ3n) is 2.81. The third-order valence-corrected chi connectivity index (χ3v) is 2.81. The average molecular weight is 218 g/mol. The Morgan fingerprint density at radius 1 is 1.25 bits per heavy atom. The summed E-state index contributed by atoms with van der Waals surface area (Å²) in [5, 5.41) is 6.73. The first-order chi connectivity index (χ1) is 7.75. The lowest BCUT2D eigenvalue weighted by Gasteiger charge is -2.30. The number of hydrogen-bond acceptors (Lipinski definition) is 4. The molecule has 4 nitrogen and oxygen atoms in total. The number of piperazine rings is 1. The van der Waals surface area contributed by atoms with Gasteiger partial charge in [-0.1, -0.05) is 6.07 Å². The normalized spacial score (nSPS) is 18.9. The largest absolute Gasteiger partial charge is 0.303 e. The lowest BCUT2D eigenvalue weighted by atomic mass is 10.2. The van der Waals surface area contributed by atoms with Gasteiger partial charge in [-0.25, -0.2) is 0 Å². The smallest absolute Gasteiger partial charge is 0.0859 e. The Kier molecular flexibility index (Phi) is 3.51. The Morgan fingerprint density at radius 3 is 2.62 bits per heavy atom. The highest BCUT2D eigenvalue weighted by atomic mass is 15.5. The fraction of sp³-hybridized carbons (Fsp3) is 0.500. The molecule has 2 rings (SSSR count). The van der Waals surface area contributed by atoms with Crippen LogP contribution in [0, 0.1) is 0 Å². The lowest BCUT2D eigenvalue weighted by molar-refractivity contribution is 0.159. The fourth-order valence-corrected chi connectivity index (χ4v) is 1.74. The van der Waals surface area contributed by atoms with Gasteiger partial charge in [0.1, 0.15) is 0 Å². The summed E-state index contributed by atoms with van der Waals surface area (Å²) in [6, 6.07) is 5.91. The standard InChI is InChI=1S/C12H18N4/c1-11(12-5-3-4-6-13-12)14-16-9-7-15(2)8-10-16/h3-6H,7-10H2,1-2H3/b14-11+. The molecule has 1 aliphatic rings. The van der Waals surface area contributed by atoms with Gasteiger partial charge in [0.25, 0.3) is 0 Å². The minimum Gasteiger partial charge on any atom is -0.303 e. The Balaban J connectivity index is 2.02. The summed E-state index contributed by atoms with van der Waals surface area (Å²) in [5.74, 6) is 0. The zero-order chi connectivity index (χ0) is 11.4. The number of rotatable bonds is 2. The highest BCUT2D eigenvalue weighted by molar-refractivity contribution is 5.96. The molecule has 0 amide bonds. The van der Waals surface area contributed by atoms with Crippen LogP contribution in [0.15, 0.2) is 29.5 Å². The molecule has 1 aromatic rings. The van der Waals surface area contributed by atoms with Crippen molar-refractivity contribution in [2.75, 3.05) is 33.2 Å². The van der Waals surface area contributed by atoms with E-state index in [9.17, 15) is 0 Å². The first kappa shape index (κ1) is 11.1. The molecule has 0 unspecified atom stereocenters. The van der Waals surface area contributed by atoms with Crippen molar-refractivity contribution >= 4 is 5.71 Å².